The smallest absolute Gasteiger partial charge is 0.319 e. The van der Waals surface area contributed by atoms with Crippen LogP contribution in [0.5, 0.6) is 11.5 Å². The Hall–Kier alpha value is -3.23. The molecule has 9 nitrogen and oxygen atoms in total. The van der Waals surface area contributed by atoms with E-state index in [0.29, 0.717) is 30.3 Å². The highest BCUT2D eigenvalue weighted by Crippen LogP contribution is 2.25. The van der Waals surface area contributed by atoms with Crippen molar-refractivity contribution >= 4 is 23.4 Å². The molecule has 2 amide bonds. The van der Waals surface area contributed by atoms with Crippen molar-refractivity contribution in [1.29, 1.82) is 0 Å². The van der Waals surface area contributed by atoms with Gasteiger partial charge in [-0.1, -0.05) is 0 Å². The number of aromatic nitrogens is 2. The highest BCUT2D eigenvalue weighted by molar-refractivity contribution is 5.89. The first-order valence-corrected chi connectivity index (χ1v) is 10.2. The summed E-state index contributed by atoms with van der Waals surface area (Å²) in [5.41, 5.74) is 0.592. The second-order valence-electron chi connectivity index (χ2n) is 7.12. The second kappa shape index (κ2) is 10.5. The van der Waals surface area contributed by atoms with Gasteiger partial charge in [-0.2, -0.15) is 0 Å². The van der Waals surface area contributed by atoms with Crippen LogP contribution in [0.1, 0.15) is 25.1 Å². The van der Waals surface area contributed by atoms with Crippen molar-refractivity contribution in [2.75, 3.05) is 55.9 Å². The fraction of sp³-hybridized carbons (Fsp3) is 0.476. The van der Waals surface area contributed by atoms with E-state index < -0.39 is 0 Å². The van der Waals surface area contributed by atoms with Crippen molar-refractivity contribution in [2.45, 2.75) is 26.2 Å². The monoisotopic (exact) mass is 414 g/mol. The Balaban J connectivity index is 1.48. The summed E-state index contributed by atoms with van der Waals surface area (Å²) in [5, 5.41) is 8.86. The van der Waals surface area contributed by atoms with E-state index in [1.54, 1.807) is 32.4 Å². The number of anilines is 3. The highest BCUT2D eigenvalue weighted by Gasteiger charge is 2.13. The Kier molecular flexibility index (Phi) is 7.53. The van der Waals surface area contributed by atoms with Gasteiger partial charge in [0.1, 0.15) is 29.0 Å². The number of carbonyl (C=O) groups is 1. The first-order chi connectivity index (χ1) is 14.6. The van der Waals surface area contributed by atoms with Crippen molar-refractivity contribution < 1.29 is 14.3 Å². The number of hydrogen-bond donors (Lipinski definition) is 3. The van der Waals surface area contributed by atoms with Crippen molar-refractivity contribution in [1.82, 2.24) is 15.3 Å². The minimum absolute atomic E-state index is 0.306. The molecule has 30 heavy (non-hydrogen) atoms. The summed E-state index contributed by atoms with van der Waals surface area (Å²) < 4.78 is 10.4. The molecule has 3 N–H and O–H groups in total. The van der Waals surface area contributed by atoms with Crippen LogP contribution >= 0.6 is 0 Å². The average Bonchev–Trinajstić information content (AvgIpc) is 2.76. The maximum absolute atomic E-state index is 12.2. The number of piperidine rings is 1. The minimum Gasteiger partial charge on any atom is -0.497 e. The van der Waals surface area contributed by atoms with Crippen LogP contribution in [0, 0.1) is 6.92 Å². The van der Waals surface area contributed by atoms with E-state index in [9.17, 15) is 4.79 Å². The largest absolute Gasteiger partial charge is 0.497 e. The number of nitrogens with zero attached hydrogens (tertiary/aromatic N) is 3. The molecule has 1 aliphatic rings. The molecule has 1 aromatic carbocycles. The van der Waals surface area contributed by atoms with Gasteiger partial charge in [0.2, 0.25) is 0 Å². The first-order valence-electron chi connectivity index (χ1n) is 10.2. The number of amides is 2. The number of aryl methyl sites for hydroxylation is 1. The van der Waals surface area contributed by atoms with Crippen LogP contribution in [0.15, 0.2) is 24.3 Å². The quantitative estimate of drug-likeness (QED) is 0.571. The molecule has 0 radical (unpaired) electrons. The minimum atomic E-state index is -0.306. The predicted molar refractivity (Wildman–Crippen MR) is 118 cm³/mol. The van der Waals surface area contributed by atoms with Crippen molar-refractivity contribution in [2.24, 2.45) is 0 Å². The number of nitrogens with one attached hydrogen (secondary N) is 3. The van der Waals surface area contributed by atoms with Gasteiger partial charge in [-0.3, -0.25) is 0 Å². The predicted octanol–water partition coefficient (Wildman–Crippen LogP) is 3.03. The number of rotatable bonds is 8. The third kappa shape index (κ3) is 6.13. The summed E-state index contributed by atoms with van der Waals surface area (Å²) in [6.45, 7) is 4.95. The van der Waals surface area contributed by atoms with Gasteiger partial charge < -0.3 is 30.3 Å². The summed E-state index contributed by atoms with van der Waals surface area (Å²) in [6, 6.07) is 6.87. The zero-order valence-corrected chi connectivity index (χ0v) is 17.8. The average molecular weight is 415 g/mol. The van der Waals surface area contributed by atoms with Crippen LogP contribution in [0.3, 0.4) is 0 Å². The van der Waals surface area contributed by atoms with Crippen LogP contribution < -0.4 is 30.3 Å². The van der Waals surface area contributed by atoms with Gasteiger partial charge in [-0.05, 0) is 26.2 Å². The molecule has 162 valence electrons. The fourth-order valence-electron chi connectivity index (χ4n) is 3.35. The molecule has 1 fully saturated rings. The molecule has 0 bridgehead atoms. The molecule has 9 heteroatoms. The lowest BCUT2D eigenvalue weighted by Gasteiger charge is -2.28. The zero-order valence-electron chi connectivity index (χ0n) is 17.8. The van der Waals surface area contributed by atoms with Gasteiger partial charge in [0, 0.05) is 56.1 Å². The van der Waals surface area contributed by atoms with E-state index in [2.05, 4.69) is 30.8 Å². The van der Waals surface area contributed by atoms with Crippen molar-refractivity contribution in [3.05, 3.63) is 30.1 Å². The Morgan fingerprint density at radius 3 is 2.37 bits per heavy atom. The van der Waals surface area contributed by atoms with Crippen LogP contribution in [0.4, 0.5) is 22.1 Å². The molecule has 1 saturated heterocycles. The number of benzene rings is 1. The van der Waals surface area contributed by atoms with Gasteiger partial charge >= 0.3 is 6.03 Å². The zero-order chi connectivity index (χ0) is 21.3. The molecule has 1 aromatic heterocycles. The molecule has 0 atom stereocenters. The van der Waals surface area contributed by atoms with Crippen LogP contribution in [-0.4, -0.2) is 56.4 Å². The summed E-state index contributed by atoms with van der Waals surface area (Å²) in [4.78, 5) is 23.5. The lowest BCUT2D eigenvalue weighted by molar-refractivity contribution is 0.252. The maximum Gasteiger partial charge on any atom is 0.319 e. The third-order valence-electron chi connectivity index (χ3n) is 4.83. The molecule has 3 rings (SSSR count). The molecular weight excluding hydrogens is 384 g/mol. The van der Waals surface area contributed by atoms with Crippen LogP contribution in [0.2, 0.25) is 0 Å². The number of methoxy groups -OCH3 is 2. The summed E-state index contributed by atoms with van der Waals surface area (Å²) in [5.74, 6) is 3.67. The topological polar surface area (TPSA) is 101 Å². The summed E-state index contributed by atoms with van der Waals surface area (Å²) in [6.07, 6.45) is 3.68. The van der Waals surface area contributed by atoms with Crippen LogP contribution in [0.25, 0.3) is 0 Å². The Labute approximate surface area is 177 Å². The third-order valence-corrected chi connectivity index (χ3v) is 4.83. The first kappa shape index (κ1) is 21.5. The number of urea groups is 1. The molecule has 0 unspecified atom stereocenters. The molecule has 0 saturated carbocycles. The maximum atomic E-state index is 12.2. The number of hydrogen-bond acceptors (Lipinski definition) is 7. The fourth-order valence-corrected chi connectivity index (χ4v) is 3.35. The second-order valence-corrected chi connectivity index (χ2v) is 7.12. The van der Waals surface area contributed by atoms with Gasteiger partial charge in [-0.15, -0.1) is 0 Å². The van der Waals surface area contributed by atoms with E-state index in [0.717, 1.165) is 30.5 Å². The van der Waals surface area contributed by atoms with E-state index in [1.165, 1.54) is 19.3 Å². The van der Waals surface area contributed by atoms with E-state index in [4.69, 9.17) is 9.47 Å². The van der Waals surface area contributed by atoms with Crippen molar-refractivity contribution in [3.8, 4) is 11.5 Å². The molecular formula is C21H30N6O3. The summed E-state index contributed by atoms with van der Waals surface area (Å²) in [7, 11) is 3.13. The Morgan fingerprint density at radius 1 is 1.00 bits per heavy atom. The summed E-state index contributed by atoms with van der Waals surface area (Å²) >= 11 is 0. The Bertz CT molecular complexity index is 832. The highest BCUT2D eigenvalue weighted by atomic mass is 16.5. The lowest BCUT2D eigenvalue weighted by atomic mass is 10.1. The molecule has 0 aliphatic carbocycles. The van der Waals surface area contributed by atoms with Gasteiger partial charge in [0.15, 0.2) is 0 Å². The van der Waals surface area contributed by atoms with E-state index >= 15 is 0 Å². The van der Waals surface area contributed by atoms with Crippen molar-refractivity contribution in [3.63, 3.8) is 0 Å². The van der Waals surface area contributed by atoms with Gasteiger partial charge in [0.05, 0.1) is 14.2 Å². The lowest BCUT2D eigenvalue weighted by Crippen LogP contribution is -2.33. The SMILES string of the molecule is COc1cc(NC(=O)NCCNc2cc(N3CCCCC3)nc(C)n2)cc(OC)c1. The van der Waals surface area contributed by atoms with Crippen LogP contribution in [-0.2, 0) is 0 Å². The molecule has 0 spiro atoms. The van der Waals surface area contributed by atoms with Gasteiger partial charge in [0.25, 0.3) is 0 Å². The molecule has 2 heterocycles. The van der Waals surface area contributed by atoms with E-state index in [-0.39, 0.29) is 6.03 Å². The molecule has 2 aromatic rings. The molecule has 1 aliphatic heterocycles. The van der Waals surface area contributed by atoms with Gasteiger partial charge in [-0.25, -0.2) is 14.8 Å². The Morgan fingerprint density at radius 2 is 1.70 bits per heavy atom. The number of carbonyl (C=O) groups excluding carboxylic acids is 1. The van der Waals surface area contributed by atoms with E-state index in [1.807, 2.05) is 13.0 Å². The normalized spacial score (nSPS) is 13.5. The number of ether oxygens (including phenoxy) is 2. The standard InChI is InChI=1S/C21H30N6O3/c1-15-24-19(14-20(25-15)27-9-5-4-6-10-27)22-7-8-23-21(28)26-16-11-17(29-2)13-18(12-16)30-3/h11-14H,4-10H2,1-3H3,(H,22,24,25)(H2,23,26,28).